The Hall–Kier alpha value is -2.46. The van der Waals surface area contributed by atoms with Crippen molar-refractivity contribution in [2.24, 2.45) is 11.7 Å². The quantitative estimate of drug-likeness (QED) is 0.635. The molecule has 1 saturated heterocycles. The lowest BCUT2D eigenvalue weighted by atomic mass is 9.97. The first kappa shape index (κ1) is 24.2. The zero-order valence-corrected chi connectivity index (χ0v) is 19.6. The fourth-order valence-electron chi connectivity index (χ4n) is 3.63. The standard InChI is InChI=1S/C22H27ClN4O4S/c1-26(2)32(30,31)20-12-16(7-10-19(20)23)22(29)25-18-8-5-15(6-9-18)13-27-11-3-4-17(14-27)21(24)28/h5-10,12,17H,3-4,11,13-14H2,1-2H3,(H2,24,28)(H,25,29). The van der Waals surface area contributed by atoms with Gasteiger partial charge in [-0.15, -0.1) is 0 Å². The third-order valence-electron chi connectivity index (χ3n) is 5.48. The van der Waals surface area contributed by atoms with E-state index in [2.05, 4.69) is 10.2 Å². The number of nitrogens with one attached hydrogen (secondary N) is 1. The minimum Gasteiger partial charge on any atom is -0.369 e. The summed E-state index contributed by atoms with van der Waals surface area (Å²) < 4.78 is 25.9. The van der Waals surface area contributed by atoms with Crippen molar-refractivity contribution in [2.75, 3.05) is 32.5 Å². The largest absolute Gasteiger partial charge is 0.369 e. The summed E-state index contributed by atoms with van der Waals surface area (Å²) in [5, 5.41) is 2.82. The number of rotatable bonds is 7. The van der Waals surface area contributed by atoms with Crippen LogP contribution in [0.3, 0.4) is 0 Å². The molecule has 3 N–H and O–H groups in total. The van der Waals surface area contributed by atoms with Crippen molar-refractivity contribution in [3.8, 4) is 0 Å². The van der Waals surface area contributed by atoms with Gasteiger partial charge in [-0.3, -0.25) is 14.5 Å². The van der Waals surface area contributed by atoms with E-state index >= 15 is 0 Å². The maximum atomic E-state index is 12.7. The average Bonchev–Trinajstić information content (AvgIpc) is 2.75. The number of carbonyl (C=O) groups excluding carboxylic acids is 2. The summed E-state index contributed by atoms with van der Waals surface area (Å²) in [6, 6.07) is 11.5. The molecule has 172 valence electrons. The first-order valence-corrected chi connectivity index (χ1v) is 12.0. The summed E-state index contributed by atoms with van der Waals surface area (Å²) in [6.45, 7) is 2.26. The first-order valence-electron chi connectivity index (χ1n) is 10.2. The van der Waals surface area contributed by atoms with Crippen LogP contribution in [0.2, 0.25) is 5.02 Å². The molecule has 0 aromatic heterocycles. The molecule has 0 bridgehead atoms. The summed E-state index contributed by atoms with van der Waals surface area (Å²) >= 11 is 6.05. The van der Waals surface area contributed by atoms with Gasteiger partial charge in [0.15, 0.2) is 0 Å². The number of benzene rings is 2. The van der Waals surface area contributed by atoms with Gasteiger partial charge in [0.2, 0.25) is 15.9 Å². The maximum absolute atomic E-state index is 12.7. The van der Waals surface area contributed by atoms with E-state index in [-0.39, 0.29) is 27.3 Å². The van der Waals surface area contributed by atoms with Gasteiger partial charge in [0.25, 0.3) is 5.91 Å². The molecule has 2 aromatic carbocycles. The van der Waals surface area contributed by atoms with Crippen molar-refractivity contribution in [2.45, 2.75) is 24.3 Å². The second-order valence-electron chi connectivity index (χ2n) is 8.06. The van der Waals surface area contributed by atoms with E-state index in [4.69, 9.17) is 17.3 Å². The summed E-state index contributed by atoms with van der Waals surface area (Å²) in [6.07, 6.45) is 1.77. The van der Waals surface area contributed by atoms with Gasteiger partial charge in [0, 0.05) is 38.4 Å². The lowest BCUT2D eigenvalue weighted by Crippen LogP contribution is -2.40. The number of primary amides is 1. The van der Waals surface area contributed by atoms with Crippen LogP contribution < -0.4 is 11.1 Å². The number of hydrogen-bond donors (Lipinski definition) is 2. The van der Waals surface area contributed by atoms with Gasteiger partial charge < -0.3 is 11.1 Å². The van der Waals surface area contributed by atoms with Crippen LogP contribution in [0.5, 0.6) is 0 Å². The molecule has 1 atom stereocenters. The minimum absolute atomic E-state index is 0.0518. The molecule has 1 unspecified atom stereocenters. The highest BCUT2D eigenvalue weighted by Gasteiger charge is 2.24. The Balaban J connectivity index is 1.67. The molecule has 2 aromatic rings. The maximum Gasteiger partial charge on any atom is 0.255 e. The Morgan fingerprint density at radius 3 is 2.50 bits per heavy atom. The van der Waals surface area contributed by atoms with E-state index in [1.54, 1.807) is 12.1 Å². The van der Waals surface area contributed by atoms with Crippen molar-refractivity contribution in [3.63, 3.8) is 0 Å². The molecule has 1 heterocycles. The number of nitrogens with zero attached hydrogens (tertiary/aromatic N) is 2. The Labute approximate surface area is 193 Å². The molecule has 32 heavy (non-hydrogen) atoms. The number of hydrogen-bond acceptors (Lipinski definition) is 5. The predicted molar refractivity (Wildman–Crippen MR) is 124 cm³/mol. The van der Waals surface area contributed by atoms with Crippen molar-refractivity contribution in [1.82, 2.24) is 9.21 Å². The van der Waals surface area contributed by atoms with Crippen LogP contribution in [-0.2, 0) is 21.4 Å². The number of likely N-dealkylation sites (tertiary alicyclic amines) is 1. The zero-order chi connectivity index (χ0) is 23.5. The monoisotopic (exact) mass is 478 g/mol. The molecule has 0 aliphatic carbocycles. The number of anilines is 1. The average molecular weight is 479 g/mol. The van der Waals surface area contributed by atoms with Gasteiger partial charge >= 0.3 is 0 Å². The van der Waals surface area contributed by atoms with Crippen molar-refractivity contribution in [1.29, 1.82) is 0 Å². The van der Waals surface area contributed by atoms with Crippen LogP contribution in [-0.4, -0.2) is 56.6 Å². The normalized spacial score (nSPS) is 17.3. The van der Waals surface area contributed by atoms with Crippen molar-refractivity contribution < 1.29 is 18.0 Å². The Morgan fingerprint density at radius 2 is 1.88 bits per heavy atom. The molecular formula is C22H27ClN4O4S. The Kier molecular flexibility index (Phi) is 7.55. The molecular weight excluding hydrogens is 452 g/mol. The molecule has 0 saturated carbocycles. The van der Waals surface area contributed by atoms with Gasteiger partial charge in [-0.05, 0) is 55.3 Å². The van der Waals surface area contributed by atoms with Crippen LogP contribution >= 0.6 is 11.6 Å². The number of nitrogens with two attached hydrogens (primary N) is 1. The number of sulfonamides is 1. The van der Waals surface area contributed by atoms with E-state index < -0.39 is 15.9 Å². The van der Waals surface area contributed by atoms with Gasteiger partial charge in [-0.2, -0.15) is 0 Å². The first-order chi connectivity index (χ1) is 15.1. The highest BCUT2D eigenvalue weighted by molar-refractivity contribution is 7.89. The fraction of sp³-hybridized carbons (Fsp3) is 0.364. The highest BCUT2D eigenvalue weighted by atomic mass is 35.5. The minimum atomic E-state index is -3.78. The smallest absolute Gasteiger partial charge is 0.255 e. The number of amides is 2. The molecule has 3 rings (SSSR count). The predicted octanol–water partition coefficient (Wildman–Crippen LogP) is 2.54. The van der Waals surface area contributed by atoms with Gasteiger partial charge in [-0.25, -0.2) is 12.7 Å². The van der Waals surface area contributed by atoms with Gasteiger partial charge in [0.05, 0.1) is 10.9 Å². The third kappa shape index (κ3) is 5.66. The van der Waals surface area contributed by atoms with Crippen LogP contribution in [0.1, 0.15) is 28.8 Å². The van der Waals surface area contributed by atoms with E-state index in [0.717, 1.165) is 29.3 Å². The van der Waals surface area contributed by atoms with Crippen molar-refractivity contribution in [3.05, 3.63) is 58.6 Å². The Bertz CT molecular complexity index is 1100. The lowest BCUT2D eigenvalue weighted by Gasteiger charge is -2.31. The molecule has 1 fully saturated rings. The van der Waals surface area contributed by atoms with E-state index in [9.17, 15) is 18.0 Å². The number of piperidine rings is 1. The van der Waals surface area contributed by atoms with Crippen LogP contribution in [0.15, 0.2) is 47.4 Å². The van der Waals surface area contributed by atoms with E-state index in [1.807, 2.05) is 12.1 Å². The molecule has 1 aliphatic heterocycles. The molecule has 1 aliphatic rings. The molecule has 8 nitrogen and oxygen atoms in total. The molecule has 2 amide bonds. The summed E-state index contributed by atoms with van der Waals surface area (Å²) in [4.78, 5) is 26.2. The Morgan fingerprint density at radius 1 is 1.19 bits per heavy atom. The van der Waals surface area contributed by atoms with E-state index in [0.29, 0.717) is 18.8 Å². The molecule has 0 spiro atoms. The molecule has 0 radical (unpaired) electrons. The lowest BCUT2D eigenvalue weighted by molar-refractivity contribution is -0.123. The summed E-state index contributed by atoms with van der Waals surface area (Å²) in [5.74, 6) is -0.802. The number of halogens is 1. The third-order valence-corrected chi connectivity index (χ3v) is 7.77. The SMILES string of the molecule is CN(C)S(=O)(=O)c1cc(C(=O)Nc2ccc(CN3CCCC(C(N)=O)C3)cc2)ccc1Cl. The van der Waals surface area contributed by atoms with Crippen molar-refractivity contribution >= 4 is 39.1 Å². The highest BCUT2D eigenvalue weighted by Crippen LogP contribution is 2.25. The fourth-order valence-corrected chi connectivity index (χ4v) is 5.02. The summed E-state index contributed by atoms with van der Waals surface area (Å²) in [7, 11) is -0.976. The zero-order valence-electron chi connectivity index (χ0n) is 18.0. The van der Waals surface area contributed by atoms with Gasteiger partial charge in [-0.1, -0.05) is 23.7 Å². The van der Waals surface area contributed by atoms with E-state index in [1.165, 1.54) is 32.3 Å². The van der Waals surface area contributed by atoms with Crippen LogP contribution in [0.25, 0.3) is 0 Å². The summed E-state index contributed by atoms with van der Waals surface area (Å²) in [5.41, 5.74) is 7.27. The number of carbonyl (C=O) groups is 2. The topological polar surface area (TPSA) is 113 Å². The molecule has 10 heteroatoms. The second kappa shape index (κ2) is 9.99. The second-order valence-corrected chi connectivity index (χ2v) is 10.6. The van der Waals surface area contributed by atoms with Crippen LogP contribution in [0, 0.1) is 5.92 Å². The van der Waals surface area contributed by atoms with Gasteiger partial charge in [0.1, 0.15) is 4.90 Å². The van der Waals surface area contributed by atoms with Crippen LogP contribution in [0.4, 0.5) is 5.69 Å².